The highest BCUT2D eigenvalue weighted by molar-refractivity contribution is 9.10. The molecule has 0 aliphatic heterocycles. The smallest absolute Gasteiger partial charge is 0.287 e. The van der Waals surface area contributed by atoms with E-state index in [1.165, 1.54) is 0 Å². The molecule has 1 aromatic carbocycles. The quantitative estimate of drug-likeness (QED) is 0.778. The van der Waals surface area contributed by atoms with E-state index in [0.29, 0.717) is 12.3 Å². The van der Waals surface area contributed by atoms with Crippen LogP contribution in [0.15, 0.2) is 50.2 Å². The summed E-state index contributed by atoms with van der Waals surface area (Å²) in [5, 5.41) is 2.78. The molecule has 0 fully saturated rings. The summed E-state index contributed by atoms with van der Waals surface area (Å²) >= 11 is 3.35. The molecule has 0 saturated heterocycles. The summed E-state index contributed by atoms with van der Waals surface area (Å²) in [6.45, 7) is 1.31. The molecule has 0 bridgehead atoms. The number of furan rings is 1. The van der Waals surface area contributed by atoms with Crippen molar-refractivity contribution in [1.29, 1.82) is 0 Å². The van der Waals surface area contributed by atoms with Gasteiger partial charge in [-0.05, 0) is 50.5 Å². The summed E-state index contributed by atoms with van der Waals surface area (Å²) in [5.41, 5.74) is 0. The summed E-state index contributed by atoms with van der Waals surface area (Å²) in [4.78, 5) is 14.6. The number of nitrogens with zero attached hydrogens (tertiary/aromatic N) is 1. The topological polar surface area (TPSA) is 62.6 Å². The molecule has 124 valence electrons. The van der Waals surface area contributed by atoms with Gasteiger partial charge in [0, 0.05) is 22.5 Å². The maximum atomic E-state index is 12.3. The molecule has 0 saturated carbocycles. The lowest BCUT2D eigenvalue weighted by Gasteiger charge is -2.09. The van der Waals surface area contributed by atoms with Gasteiger partial charge in [-0.15, -0.1) is 0 Å². The van der Waals surface area contributed by atoms with Gasteiger partial charge in [0.25, 0.3) is 5.91 Å². The molecule has 0 spiro atoms. The van der Waals surface area contributed by atoms with E-state index < -0.39 is 10.8 Å². The minimum atomic E-state index is -1.21. The molecule has 5 nitrogen and oxygen atoms in total. The summed E-state index contributed by atoms with van der Waals surface area (Å²) in [7, 11) is 2.67. The third-order valence-electron chi connectivity index (χ3n) is 3.08. The highest BCUT2D eigenvalue weighted by Gasteiger charge is 2.13. The molecule has 0 radical (unpaired) electrons. The largest absolute Gasteiger partial charge is 0.455 e. The van der Waals surface area contributed by atoms with Crippen LogP contribution < -0.4 is 5.32 Å². The Morgan fingerprint density at radius 1 is 1.22 bits per heavy atom. The third-order valence-corrected chi connectivity index (χ3v) is 4.95. The minimum absolute atomic E-state index is 0.242. The van der Waals surface area contributed by atoms with Gasteiger partial charge in [-0.3, -0.25) is 9.00 Å². The summed E-state index contributed by atoms with van der Waals surface area (Å²) in [5.74, 6) is 0.759. The van der Waals surface area contributed by atoms with E-state index in [9.17, 15) is 9.00 Å². The Kier molecular flexibility index (Phi) is 6.56. The Bertz CT molecular complexity index is 683. The normalized spacial score (nSPS) is 12.3. The highest BCUT2D eigenvalue weighted by Crippen LogP contribution is 2.17. The molecule has 7 heteroatoms. The second kappa shape index (κ2) is 8.42. The van der Waals surface area contributed by atoms with Crippen molar-refractivity contribution in [3.05, 3.63) is 52.4 Å². The molecule has 23 heavy (non-hydrogen) atoms. The molecule has 0 aliphatic rings. The molecule has 0 unspecified atom stereocenters. The van der Waals surface area contributed by atoms with Crippen LogP contribution in [0.3, 0.4) is 0 Å². The van der Waals surface area contributed by atoms with Crippen molar-refractivity contribution in [2.24, 2.45) is 0 Å². The van der Waals surface area contributed by atoms with Gasteiger partial charge < -0.3 is 14.6 Å². The minimum Gasteiger partial charge on any atom is -0.455 e. The first kappa shape index (κ1) is 17.9. The van der Waals surface area contributed by atoms with Crippen molar-refractivity contribution in [1.82, 2.24) is 10.2 Å². The average Bonchev–Trinajstić information content (AvgIpc) is 2.96. The van der Waals surface area contributed by atoms with E-state index in [0.717, 1.165) is 15.9 Å². The van der Waals surface area contributed by atoms with Crippen molar-refractivity contribution in [2.75, 3.05) is 27.2 Å². The van der Waals surface area contributed by atoms with Crippen LogP contribution in [0, 0.1) is 0 Å². The third kappa shape index (κ3) is 5.60. The lowest BCUT2D eigenvalue weighted by atomic mass is 10.4. The number of nitrogens with one attached hydrogen (secondary N) is 1. The SMILES string of the molecule is CN(C)CCNC(=O)c1ccc(C[S@](=O)c2ccc(Br)cc2)o1. The van der Waals surface area contributed by atoms with E-state index in [4.69, 9.17) is 4.42 Å². The van der Waals surface area contributed by atoms with Gasteiger partial charge in [0.2, 0.25) is 0 Å². The number of hydrogen-bond donors (Lipinski definition) is 1. The van der Waals surface area contributed by atoms with Gasteiger partial charge in [-0.25, -0.2) is 0 Å². The predicted octanol–water partition coefficient (Wildman–Crippen LogP) is 2.64. The van der Waals surface area contributed by atoms with Gasteiger partial charge in [-0.2, -0.15) is 0 Å². The van der Waals surface area contributed by atoms with Crippen LogP contribution in [0.2, 0.25) is 0 Å². The van der Waals surface area contributed by atoms with E-state index in [2.05, 4.69) is 21.2 Å². The Hall–Kier alpha value is -1.44. The number of rotatable bonds is 7. The maximum absolute atomic E-state index is 12.3. The fraction of sp³-hybridized carbons (Fsp3) is 0.312. The fourth-order valence-electron chi connectivity index (χ4n) is 1.86. The zero-order chi connectivity index (χ0) is 16.8. The number of amides is 1. The molecule has 2 aromatic rings. The highest BCUT2D eigenvalue weighted by atomic mass is 79.9. The van der Waals surface area contributed by atoms with Crippen molar-refractivity contribution in [2.45, 2.75) is 10.6 Å². The fourth-order valence-corrected chi connectivity index (χ4v) is 3.14. The molecular formula is C16H19BrN2O3S. The van der Waals surface area contributed by atoms with Gasteiger partial charge in [-0.1, -0.05) is 15.9 Å². The zero-order valence-corrected chi connectivity index (χ0v) is 15.4. The molecule has 1 amide bonds. The van der Waals surface area contributed by atoms with Crippen LogP contribution >= 0.6 is 15.9 Å². The monoisotopic (exact) mass is 398 g/mol. The standard InChI is InChI=1S/C16H19BrN2O3S/c1-19(2)10-9-18-16(20)15-8-5-13(22-15)11-23(21)14-6-3-12(17)4-7-14/h3-8H,9-11H2,1-2H3,(H,18,20)/t23-/m0/s1. The average molecular weight is 399 g/mol. The predicted molar refractivity (Wildman–Crippen MR) is 93.8 cm³/mol. The van der Waals surface area contributed by atoms with E-state index in [1.807, 2.05) is 31.1 Å². The molecule has 0 aliphatic carbocycles. The Morgan fingerprint density at radius 2 is 1.91 bits per heavy atom. The second-order valence-corrected chi connectivity index (χ2v) is 7.64. The van der Waals surface area contributed by atoms with Crippen molar-refractivity contribution < 1.29 is 13.4 Å². The van der Waals surface area contributed by atoms with E-state index in [1.54, 1.807) is 24.3 Å². The van der Waals surface area contributed by atoms with Gasteiger partial charge in [0.05, 0.1) is 16.6 Å². The number of hydrogen-bond acceptors (Lipinski definition) is 4. The number of likely N-dealkylation sites (N-methyl/N-ethyl adjacent to an activating group) is 1. The number of halogens is 1. The lowest BCUT2D eigenvalue weighted by molar-refractivity contribution is 0.0922. The first-order valence-electron chi connectivity index (χ1n) is 7.11. The Labute approximate surface area is 146 Å². The molecule has 1 atom stereocenters. The summed E-state index contributed by atoms with van der Waals surface area (Å²) in [6, 6.07) is 10.6. The van der Waals surface area contributed by atoms with E-state index in [-0.39, 0.29) is 17.4 Å². The molecule has 1 N–H and O–H groups in total. The van der Waals surface area contributed by atoms with Crippen molar-refractivity contribution in [3.63, 3.8) is 0 Å². The number of benzene rings is 1. The number of carbonyl (C=O) groups excluding carboxylic acids is 1. The van der Waals surface area contributed by atoms with Gasteiger partial charge in [0.15, 0.2) is 5.76 Å². The molecular weight excluding hydrogens is 380 g/mol. The summed E-state index contributed by atoms with van der Waals surface area (Å²) < 4.78 is 18.7. The summed E-state index contributed by atoms with van der Waals surface area (Å²) in [6.07, 6.45) is 0. The molecule has 1 aromatic heterocycles. The van der Waals surface area contributed by atoms with Crippen LogP contribution in [-0.4, -0.2) is 42.2 Å². The first-order valence-corrected chi connectivity index (χ1v) is 9.22. The van der Waals surface area contributed by atoms with E-state index >= 15 is 0 Å². The second-order valence-electron chi connectivity index (χ2n) is 5.27. The Balaban J connectivity index is 1.92. The van der Waals surface area contributed by atoms with Crippen LogP contribution in [0.5, 0.6) is 0 Å². The lowest BCUT2D eigenvalue weighted by Crippen LogP contribution is -2.31. The zero-order valence-electron chi connectivity index (χ0n) is 13.0. The van der Waals surface area contributed by atoms with Crippen LogP contribution in [-0.2, 0) is 16.6 Å². The van der Waals surface area contributed by atoms with Crippen LogP contribution in [0.4, 0.5) is 0 Å². The number of carbonyl (C=O) groups is 1. The van der Waals surface area contributed by atoms with Crippen LogP contribution in [0.25, 0.3) is 0 Å². The first-order chi connectivity index (χ1) is 11.0. The van der Waals surface area contributed by atoms with Crippen molar-refractivity contribution >= 4 is 32.6 Å². The van der Waals surface area contributed by atoms with Crippen molar-refractivity contribution in [3.8, 4) is 0 Å². The van der Waals surface area contributed by atoms with Crippen LogP contribution in [0.1, 0.15) is 16.3 Å². The van der Waals surface area contributed by atoms with Gasteiger partial charge >= 0.3 is 0 Å². The van der Waals surface area contributed by atoms with Gasteiger partial charge in [0.1, 0.15) is 5.76 Å². The maximum Gasteiger partial charge on any atom is 0.287 e. The molecule has 2 rings (SSSR count). The Morgan fingerprint density at radius 3 is 2.57 bits per heavy atom. The molecule has 1 heterocycles.